The minimum absolute atomic E-state index is 0.0599. The highest BCUT2D eigenvalue weighted by molar-refractivity contribution is 5.89. The van der Waals surface area contributed by atoms with E-state index in [1.54, 1.807) is 35.0 Å². The first-order valence-corrected chi connectivity index (χ1v) is 10.4. The van der Waals surface area contributed by atoms with E-state index >= 15 is 0 Å². The van der Waals surface area contributed by atoms with Crippen LogP contribution in [0.3, 0.4) is 0 Å². The van der Waals surface area contributed by atoms with Crippen LogP contribution >= 0.6 is 0 Å². The summed E-state index contributed by atoms with van der Waals surface area (Å²) in [5, 5.41) is 8.81. The van der Waals surface area contributed by atoms with Crippen LogP contribution in [0.15, 0.2) is 47.4 Å². The molecule has 0 aliphatic rings. The van der Waals surface area contributed by atoms with Gasteiger partial charge in [-0.1, -0.05) is 19.1 Å². The van der Waals surface area contributed by atoms with Crippen molar-refractivity contribution in [3.63, 3.8) is 0 Å². The molecule has 8 heteroatoms. The third kappa shape index (κ3) is 5.26. The number of aromatic nitrogens is 1. The molecule has 7 nitrogen and oxygen atoms in total. The largest absolute Gasteiger partial charge is 0.491 e. The number of aliphatic hydroxyl groups excluding tert-OH is 1. The van der Waals surface area contributed by atoms with Crippen molar-refractivity contribution in [2.24, 2.45) is 0 Å². The molecule has 0 atom stereocenters. The van der Waals surface area contributed by atoms with E-state index in [0.29, 0.717) is 34.7 Å². The molecule has 3 aromatic rings. The number of benzene rings is 2. The fourth-order valence-corrected chi connectivity index (χ4v) is 3.35. The van der Waals surface area contributed by atoms with E-state index in [-0.39, 0.29) is 31.8 Å². The van der Waals surface area contributed by atoms with Gasteiger partial charge in [0.25, 0.3) is 0 Å². The lowest BCUT2D eigenvalue weighted by Crippen LogP contribution is -2.17. The van der Waals surface area contributed by atoms with Gasteiger partial charge in [0, 0.05) is 18.7 Å². The number of ether oxygens (including phenoxy) is 3. The number of halogens is 1. The van der Waals surface area contributed by atoms with E-state index in [1.807, 2.05) is 6.92 Å². The number of carbonyl (C=O) groups excluding carboxylic acids is 1. The van der Waals surface area contributed by atoms with Gasteiger partial charge in [0.1, 0.15) is 30.5 Å². The average molecular weight is 443 g/mol. The second-order valence-corrected chi connectivity index (χ2v) is 7.12. The van der Waals surface area contributed by atoms with Crippen LogP contribution in [0, 0.1) is 5.82 Å². The molecule has 1 aromatic heterocycles. The highest BCUT2D eigenvalue weighted by Gasteiger charge is 2.18. The Labute approximate surface area is 185 Å². The third-order valence-corrected chi connectivity index (χ3v) is 4.76. The van der Waals surface area contributed by atoms with Gasteiger partial charge >= 0.3 is 5.97 Å². The Morgan fingerprint density at radius 2 is 1.81 bits per heavy atom. The van der Waals surface area contributed by atoms with Crippen molar-refractivity contribution in [2.45, 2.75) is 26.8 Å². The van der Waals surface area contributed by atoms with Gasteiger partial charge in [-0.15, -0.1) is 0 Å². The second-order valence-electron chi connectivity index (χ2n) is 7.12. The van der Waals surface area contributed by atoms with Crippen molar-refractivity contribution in [2.75, 3.05) is 26.4 Å². The smallest absolute Gasteiger partial charge is 0.302 e. The number of hydrogen-bond donors (Lipinski definition) is 1. The van der Waals surface area contributed by atoms with Gasteiger partial charge in [0.15, 0.2) is 5.43 Å². The monoisotopic (exact) mass is 443 g/mol. The maximum atomic E-state index is 14.9. The molecule has 1 heterocycles. The van der Waals surface area contributed by atoms with Gasteiger partial charge in [0.05, 0.1) is 30.7 Å². The van der Waals surface area contributed by atoms with E-state index in [9.17, 15) is 14.0 Å². The average Bonchev–Trinajstić information content (AvgIpc) is 2.78. The number of fused-ring (bicyclic) bond motifs is 1. The Balaban J connectivity index is 2.15. The first-order chi connectivity index (χ1) is 15.5. The molecule has 0 amide bonds. The molecule has 0 unspecified atom stereocenters. The van der Waals surface area contributed by atoms with Crippen LogP contribution < -0.4 is 14.9 Å². The first kappa shape index (κ1) is 23.3. The minimum Gasteiger partial charge on any atom is -0.491 e. The lowest BCUT2D eigenvalue weighted by Gasteiger charge is -2.17. The van der Waals surface area contributed by atoms with E-state index in [1.165, 1.54) is 19.1 Å². The predicted molar refractivity (Wildman–Crippen MR) is 119 cm³/mol. The molecule has 0 radical (unpaired) electrons. The molecular weight excluding hydrogens is 417 g/mol. The van der Waals surface area contributed by atoms with Gasteiger partial charge in [0.2, 0.25) is 0 Å². The van der Waals surface area contributed by atoms with Crippen molar-refractivity contribution < 1.29 is 28.5 Å². The zero-order valence-electron chi connectivity index (χ0n) is 18.1. The Morgan fingerprint density at radius 1 is 1.06 bits per heavy atom. The van der Waals surface area contributed by atoms with Crippen LogP contribution in [-0.4, -0.2) is 42.1 Å². The van der Waals surface area contributed by atoms with Crippen molar-refractivity contribution >= 4 is 16.9 Å². The fourth-order valence-electron chi connectivity index (χ4n) is 3.35. The van der Waals surface area contributed by atoms with E-state index in [4.69, 9.17) is 19.3 Å². The molecule has 170 valence electrons. The summed E-state index contributed by atoms with van der Waals surface area (Å²) in [7, 11) is 0. The van der Waals surface area contributed by atoms with Gasteiger partial charge in [-0.05, 0) is 36.2 Å². The van der Waals surface area contributed by atoms with Crippen LogP contribution in [0.1, 0.15) is 20.3 Å². The third-order valence-electron chi connectivity index (χ3n) is 4.76. The van der Waals surface area contributed by atoms with Crippen LogP contribution in [0.2, 0.25) is 0 Å². The summed E-state index contributed by atoms with van der Waals surface area (Å²) < 4.78 is 32.8. The molecule has 0 spiro atoms. The molecule has 0 saturated heterocycles. The van der Waals surface area contributed by atoms with Crippen molar-refractivity contribution in [3.8, 4) is 22.6 Å². The molecule has 1 N–H and O–H groups in total. The summed E-state index contributed by atoms with van der Waals surface area (Å²) in [6, 6.07) is 9.47. The number of hydrogen-bond acceptors (Lipinski definition) is 6. The topological polar surface area (TPSA) is 87.0 Å². The van der Waals surface area contributed by atoms with Crippen LogP contribution in [0.25, 0.3) is 22.0 Å². The maximum absolute atomic E-state index is 14.9. The van der Waals surface area contributed by atoms with Gasteiger partial charge in [-0.3, -0.25) is 9.59 Å². The summed E-state index contributed by atoms with van der Waals surface area (Å²) in [4.78, 5) is 24.5. The molecule has 3 rings (SSSR count). The van der Waals surface area contributed by atoms with Gasteiger partial charge < -0.3 is 23.9 Å². The summed E-state index contributed by atoms with van der Waals surface area (Å²) >= 11 is 0. The lowest BCUT2D eigenvalue weighted by atomic mass is 10.0. The Kier molecular flexibility index (Phi) is 7.83. The summed E-state index contributed by atoms with van der Waals surface area (Å²) in [5.74, 6) is -0.148. The number of rotatable bonds is 10. The van der Waals surface area contributed by atoms with Crippen LogP contribution in [0.4, 0.5) is 4.39 Å². The first-order valence-electron chi connectivity index (χ1n) is 10.4. The summed E-state index contributed by atoms with van der Waals surface area (Å²) in [6.45, 7) is 3.99. The molecule has 32 heavy (non-hydrogen) atoms. The number of aliphatic hydroxyl groups is 1. The molecule has 2 aromatic carbocycles. The normalized spacial score (nSPS) is 10.9. The van der Waals surface area contributed by atoms with Crippen LogP contribution in [-0.2, 0) is 16.1 Å². The number of carbonyl (C=O) groups is 1. The lowest BCUT2D eigenvalue weighted by molar-refractivity contribution is -0.141. The van der Waals surface area contributed by atoms with E-state index < -0.39 is 17.2 Å². The zero-order valence-corrected chi connectivity index (χ0v) is 18.1. The SMILES string of the molecule is CCCOc1ccc(F)c2c(=O)c(-c3ccc(OCCO)cc3)cn(CCOC(C)=O)c12. The molecule has 0 aliphatic carbocycles. The van der Waals surface area contributed by atoms with E-state index in [0.717, 1.165) is 6.42 Å². The molecular formula is C24H26FNO6. The Morgan fingerprint density at radius 3 is 2.47 bits per heavy atom. The summed E-state index contributed by atoms with van der Waals surface area (Å²) in [5.41, 5.74) is 0.726. The zero-order chi connectivity index (χ0) is 23.1. The molecule has 0 saturated carbocycles. The van der Waals surface area contributed by atoms with Crippen molar-refractivity contribution in [1.29, 1.82) is 0 Å². The van der Waals surface area contributed by atoms with Gasteiger partial charge in [-0.2, -0.15) is 0 Å². The minimum atomic E-state index is -0.653. The molecule has 0 aliphatic heterocycles. The standard InChI is InChI=1S/C24H26FNO6/c1-3-12-32-21-9-8-20(25)22-23(21)26(10-13-30-16(2)28)15-19(24(22)29)17-4-6-18(7-5-17)31-14-11-27/h4-9,15,27H,3,10-14H2,1-2H3. The fraction of sp³-hybridized carbons (Fsp3) is 0.333. The van der Waals surface area contributed by atoms with Crippen molar-refractivity contribution in [1.82, 2.24) is 4.57 Å². The maximum Gasteiger partial charge on any atom is 0.302 e. The Hall–Kier alpha value is -3.39. The molecule has 0 bridgehead atoms. The predicted octanol–water partition coefficient (Wildman–Crippen LogP) is 3.53. The second kappa shape index (κ2) is 10.8. The number of nitrogens with zero attached hydrogens (tertiary/aromatic N) is 1. The summed E-state index contributed by atoms with van der Waals surface area (Å²) in [6.07, 6.45) is 2.37. The van der Waals surface area contributed by atoms with Crippen LogP contribution in [0.5, 0.6) is 11.5 Å². The number of esters is 1. The molecule has 0 fully saturated rings. The number of pyridine rings is 1. The highest BCUT2D eigenvalue weighted by atomic mass is 19.1. The van der Waals surface area contributed by atoms with Crippen molar-refractivity contribution in [3.05, 3.63) is 58.6 Å². The highest BCUT2D eigenvalue weighted by Crippen LogP contribution is 2.29. The Bertz CT molecular complexity index is 1140. The quantitative estimate of drug-likeness (QED) is 0.483. The van der Waals surface area contributed by atoms with E-state index in [2.05, 4.69) is 0 Å². The van der Waals surface area contributed by atoms with Gasteiger partial charge in [-0.25, -0.2) is 4.39 Å².